The molecule has 1 aliphatic heterocycles. The minimum absolute atomic E-state index is 0.00796. The van der Waals surface area contributed by atoms with Crippen molar-refractivity contribution in [3.63, 3.8) is 0 Å². The second kappa shape index (κ2) is 16.2. The van der Waals surface area contributed by atoms with Gasteiger partial charge in [0.15, 0.2) is 0 Å². The summed E-state index contributed by atoms with van der Waals surface area (Å²) in [5.74, 6) is -2.27. The van der Waals surface area contributed by atoms with Crippen molar-refractivity contribution in [3.05, 3.63) is 94.9 Å². The van der Waals surface area contributed by atoms with E-state index in [9.17, 15) is 18.8 Å². The predicted molar refractivity (Wildman–Crippen MR) is 150 cm³/mol. The van der Waals surface area contributed by atoms with Gasteiger partial charge in [-0.1, -0.05) is 29.4 Å². The normalized spacial score (nSPS) is 13.8. The Balaban J connectivity index is 0.000000531. The largest absolute Gasteiger partial charge is 0.478 e. The summed E-state index contributed by atoms with van der Waals surface area (Å²) in [6, 6.07) is 15.8. The van der Waals surface area contributed by atoms with Gasteiger partial charge in [-0.25, -0.2) is 14.0 Å². The molecule has 4 rings (SSSR count). The maximum absolute atomic E-state index is 13.1. The summed E-state index contributed by atoms with van der Waals surface area (Å²) < 4.78 is 18.2. The highest BCUT2D eigenvalue weighted by molar-refractivity contribution is 5.90. The third-order valence-electron chi connectivity index (χ3n) is 6.34. The summed E-state index contributed by atoms with van der Waals surface area (Å²) in [6.45, 7) is 3.39. The van der Waals surface area contributed by atoms with Crippen molar-refractivity contribution >= 4 is 30.0 Å². The number of piperidine rings is 1. The Kier molecular flexibility index (Phi) is 12.1. The number of rotatable bonds is 10. The maximum Gasteiger partial charge on any atom is 0.328 e. The quantitative estimate of drug-likeness (QED) is 0.300. The van der Waals surface area contributed by atoms with E-state index in [1.807, 2.05) is 24.3 Å². The van der Waals surface area contributed by atoms with Gasteiger partial charge < -0.3 is 20.1 Å². The minimum Gasteiger partial charge on any atom is -0.478 e. The Morgan fingerprint density at radius 2 is 1.67 bits per heavy atom. The van der Waals surface area contributed by atoms with Crippen LogP contribution < -0.4 is 5.32 Å². The third-order valence-corrected chi connectivity index (χ3v) is 6.34. The van der Waals surface area contributed by atoms with E-state index >= 15 is 0 Å². The number of hydrogen-bond acceptors (Lipinski definition) is 8. The second-order valence-corrected chi connectivity index (χ2v) is 9.42. The number of benzene rings is 2. The first kappa shape index (κ1) is 31.4. The van der Waals surface area contributed by atoms with Gasteiger partial charge in [-0.05, 0) is 79.7 Å². The van der Waals surface area contributed by atoms with Crippen molar-refractivity contribution in [1.29, 1.82) is 5.26 Å². The molecule has 3 N–H and O–H groups in total. The van der Waals surface area contributed by atoms with Crippen LogP contribution in [0, 0.1) is 23.1 Å². The predicted octanol–water partition coefficient (Wildman–Crippen LogP) is 3.99. The van der Waals surface area contributed by atoms with E-state index in [-0.39, 0.29) is 23.4 Å². The molecule has 2 heterocycles. The smallest absolute Gasteiger partial charge is 0.328 e. The van der Waals surface area contributed by atoms with E-state index in [4.69, 9.17) is 20.0 Å². The van der Waals surface area contributed by atoms with E-state index in [2.05, 4.69) is 26.4 Å². The lowest BCUT2D eigenvalue weighted by Gasteiger charge is -2.32. The summed E-state index contributed by atoms with van der Waals surface area (Å²) in [4.78, 5) is 37.9. The molecule has 0 radical (unpaired) electrons. The zero-order chi connectivity index (χ0) is 30.3. The molecule has 0 unspecified atom stereocenters. The summed E-state index contributed by atoms with van der Waals surface area (Å²) in [5, 5.41) is 31.1. The van der Waals surface area contributed by atoms with E-state index < -0.39 is 11.9 Å². The van der Waals surface area contributed by atoms with Crippen molar-refractivity contribution < 1.29 is 33.5 Å². The van der Waals surface area contributed by atoms with Crippen LogP contribution in [0.1, 0.15) is 52.5 Å². The molecule has 11 nitrogen and oxygen atoms in total. The molecule has 2 aromatic carbocycles. The monoisotopic (exact) mass is 575 g/mol. The Bertz CT molecular complexity index is 1420. The molecule has 42 heavy (non-hydrogen) atoms. The summed E-state index contributed by atoms with van der Waals surface area (Å²) >= 11 is 0. The Hall–Kier alpha value is -5.15. The van der Waals surface area contributed by atoms with Crippen LogP contribution in [-0.4, -0.2) is 62.7 Å². The number of carboxylic acid groups (broad SMARTS) is 2. The number of amides is 1. The van der Waals surface area contributed by atoms with Crippen LogP contribution in [0.15, 0.2) is 65.2 Å². The molecule has 0 atom stereocenters. The van der Waals surface area contributed by atoms with Gasteiger partial charge in [0.1, 0.15) is 5.82 Å². The zero-order valence-electron chi connectivity index (χ0n) is 22.6. The molecular weight excluding hydrogens is 545 g/mol. The van der Waals surface area contributed by atoms with Crippen LogP contribution in [0.2, 0.25) is 0 Å². The van der Waals surface area contributed by atoms with Crippen LogP contribution in [0.5, 0.6) is 0 Å². The average Bonchev–Trinajstić information content (AvgIpc) is 3.47. The van der Waals surface area contributed by atoms with Crippen molar-refractivity contribution in [2.75, 3.05) is 19.6 Å². The fourth-order valence-electron chi connectivity index (χ4n) is 4.12. The molecule has 12 heteroatoms. The number of carboxylic acids is 2. The highest BCUT2D eigenvalue weighted by Crippen LogP contribution is 2.21. The van der Waals surface area contributed by atoms with Gasteiger partial charge >= 0.3 is 11.9 Å². The van der Waals surface area contributed by atoms with E-state index in [1.54, 1.807) is 24.3 Å². The molecule has 218 valence electrons. The van der Waals surface area contributed by atoms with Crippen LogP contribution in [0.25, 0.3) is 12.2 Å². The highest BCUT2D eigenvalue weighted by atomic mass is 19.1. The van der Waals surface area contributed by atoms with Gasteiger partial charge in [-0.3, -0.25) is 9.69 Å². The van der Waals surface area contributed by atoms with E-state index in [0.29, 0.717) is 30.2 Å². The number of aromatic nitrogens is 2. The number of halogens is 1. The number of likely N-dealkylation sites (tertiary alicyclic amines) is 1. The summed E-state index contributed by atoms with van der Waals surface area (Å²) in [6.07, 6.45) is 7.57. The lowest BCUT2D eigenvalue weighted by Crippen LogP contribution is -2.35. The summed E-state index contributed by atoms with van der Waals surface area (Å²) in [7, 11) is 0. The molecule has 1 aliphatic rings. The second-order valence-electron chi connectivity index (χ2n) is 9.42. The number of nitrogens with one attached hydrogen (secondary N) is 1. The third kappa shape index (κ3) is 11.1. The number of carbonyl (C=O) groups excluding carboxylic acids is 1. The van der Waals surface area contributed by atoms with Crippen molar-refractivity contribution in [1.82, 2.24) is 20.4 Å². The molecule has 1 aromatic heterocycles. The van der Waals surface area contributed by atoms with Crippen LogP contribution in [0.3, 0.4) is 0 Å². The van der Waals surface area contributed by atoms with E-state index in [1.165, 1.54) is 12.1 Å². The molecule has 3 aromatic rings. The van der Waals surface area contributed by atoms with Crippen LogP contribution >= 0.6 is 0 Å². The molecule has 0 saturated carbocycles. The van der Waals surface area contributed by atoms with Crippen LogP contribution in [-0.2, 0) is 16.1 Å². The number of nitriles is 1. The molecule has 1 fully saturated rings. The summed E-state index contributed by atoms with van der Waals surface area (Å²) in [5.41, 5.74) is 2.59. The van der Waals surface area contributed by atoms with Gasteiger partial charge in [0.05, 0.1) is 11.6 Å². The zero-order valence-corrected chi connectivity index (χ0v) is 22.6. The minimum atomic E-state index is -1.26. The molecule has 0 bridgehead atoms. The molecular formula is C30H30FN5O6. The van der Waals surface area contributed by atoms with Crippen LogP contribution in [0.4, 0.5) is 4.39 Å². The Morgan fingerprint density at radius 3 is 2.26 bits per heavy atom. The van der Waals surface area contributed by atoms with Crippen molar-refractivity contribution in [3.8, 4) is 6.07 Å². The van der Waals surface area contributed by atoms with Gasteiger partial charge in [0.25, 0.3) is 17.6 Å². The van der Waals surface area contributed by atoms with Gasteiger partial charge in [0.2, 0.25) is 0 Å². The number of nitrogens with zero attached hydrogens (tertiary/aromatic N) is 4. The SMILES string of the molecule is N#Cc1ccc(/C=C/c2nc(C(=O)NCCC3CCN(Cc4ccc(F)cc4)CC3)no2)cc1.O=C(O)/C=C/C(=O)O. The first-order valence-corrected chi connectivity index (χ1v) is 13.1. The average molecular weight is 576 g/mol. The fraction of sp³-hybridized carbons (Fsp3) is 0.267. The topological polar surface area (TPSA) is 170 Å². The molecule has 0 spiro atoms. The van der Waals surface area contributed by atoms with E-state index in [0.717, 1.165) is 50.0 Å². The molecule has 1 saturated heterocycles. The Morgan fingerprint density at radius 1 is 1.02 bits per heavy atom. The molecule has 1 amide bonds. The highest BCUT2D eigenvalue weighted by Gasteiger charge is 2.20. The lowest BCUT2D eigenvalue weighted by molar-refractivity contribution is -0.134. The van der Waals surface area contributed by atoms with Crippen molar-refractivity contribution in [2.45, 2.75) is 25.8 Å². The number of hydrogen-bond donors (Lipinski definition) is 3. The van der Waals surface area contributed by atoms with Gasteiger partial charge in [0, 0.05) is 31.3 Å². The molecule has 0 aliphatic carbocycles. The lowest BCUT2D eigenvalue weighted by atomic mass is 9.93. The van der Waals surface area contributed by atoms with Crippen molar-refractivity contribution in [2.24, 2.45) is 5.92 Å². The Labute approximate surface area is 241 Å². The standard InChI is InChI=1S/C26H26FN5O2.C4H4O4/c27-23-8-5-22(6-9-23)18-32-15-12-20(13-16-32)11-14-29-26(33)25-30-24(34-31-25)10-7-19-1-3-21(17-28)4-2-19;5-3(6)1-2-4(7)8/h1-10,20H,11-16,18H2,(H,29,33);1-2H,(H,5,6)(H,7,8)/b10-7+;2-1+. The van der Waals surface area contributed by atoms with Gasteiger partial charge in [-0.15, -0.1) is 0 Å². The van der Waals surface area contributed by atoms with Gasteiger partial charge in [-0.2, -0.15) is 10.2 Å². The first-order valence-electron chi connectivity index (χ1n) is 13.1. The number of aliphatic carboxylic acids is 2. The fourth-order valence-corrected chi connectivity index (χ4v) is 4.12. The first-order chi connectivity index (χ1) is 20.2. The number of carbonyl (C=O) groups is 3. The maximum atomic E-state index is 13.1.